The van der Waals surface area contributed by atoms with Gasteiger partial charge in [0.2, 0.25) is 0 Å². The van der Waals surface area contributed by atoms with Gasteiger partial charge in [-0.05, 0) is 53.6 Å². The highest BCUT2D eigenvalue weighted by atomic mass is 19.1. The molecule has 0 amide bonds. The van der Waals surface area contributed by atoms with Gasteiger partial charge in [0.15, 0.2) is 0 Å². The molecule has 3 aromatic carbocycles. The lowest BCUT2D eigenvalue weighted by Gasteiger charge is -2.15. The van der Waals surface area contributed by atoms with E-state index in [9.17, 15) is 4.39 Å². The van der Waals surface area contributed by atoms with Crippen LogP contribution in [0.5, 0.6) is 0 Å². The maximum Gasteiger partial charge on any atom is 0.0785 e. The summed E-state index contributed by atoms with van der Waals surface area (Å²) in [6, 6.07) is 25.9. The second-order valence-corrected chi connectivity index (χ2v) is 6.70. The van der Waals surface area contributed by atoms with Gasteiger partial charge in [0, 0.05) is 35.3 Å². The molecule has 3 heteroatoms. The number of hydrogen-bond acceptors (Lipinski definition) is 1. The normalized spacial score (nSPS) is 13.8. The van der Waals surface area contributed by atoms with E-state index in [1.54, 1.807) is 0 Å². The van der Waals surface area contributed by atoms with Crippen LogP contribution in [-0.2, 0) is 6.54 Å². The molecule has 0 radical (unpaired) electrons. The number of allylic oxidation sites excluding steroid dienone is 1. The smallest absolute Gasteiger partial charge is 0.0785 e. The molecule has 28 heavy (non-hydrogen) atoms. The zero-order valence-electron chi connectivity index (χ0n) is 16.1. The standard InChI is InChI=1S/C24H20N2.CH3F/c1-2-21-22-14-17-8-6-7-9-18(17)15-23(22)25-16-19-12-13-26(24(19)21)20-10-4-3-5-11-20;1-2/h2-15,25H,16H2,1H3;1H3/b21-2-;. The summed E-state index contributed by atoms with van der Waals surface area (Å²) in [6.45, 7) is 2.96. The quantitative estimate of drug-likeness (QED) is 0.400. The molecular formula is C25H23FN2. The topological polar surface area (TPSA) is 17.0 Å². The van der Waals surface area contributed by atoms with Crippen molar-refractivity contribution in [2.75, 3.05) is 12.5 Å². The predicted octanol–water partition coefficient (Wildman–Crippen LogP) is 6.59. The van der Waals surface area contributed by atoms with Crippen molar-refractivity contribution in [3.8, 4) is 5.69 Å². The number of anilines is 1. The Morgan fingerprint density at radius 1 is 0.893 bits per heavy atom. The zero-order chi connectivity index (χ0) is 19.5. The summed E-state index contributed by atoms with van der Waals surface area (Å²) >= 11 is 0. The van der Waals surface area contributed by atoms with Gasteiger partial charge in [-0.1, -0.05) is 48.5 Å². The number of rotatable bonds is 1. The van der Waals surface area contributed by atoms with E-state index in [-0.39, 0.29) is 0 Å². The number of aromatic nitrogens is 1. The molecule has 0 unspecified atom stereocenters. The van der Waals surface area contributed by atoms with Crippen LogP contribution in [0.4, 0.5) is 10.1 Å². The van der Waals surface area contributed by atoms with E-state index in [0.29, 0.717) is 7.18 Å². The minimum absolute atomic E-state index is 0.500. The first-order valence-corrected chi connectivity index (χ1v) is 9.42. The molecule has 0 bridgehead atoms. The number of benzene rings is 3. The van der Waals surface area contributed by atoms with E-state index in [4.69, 9.17) is 0 Å². The molecule has 0 fully saturated rings. The fourth-order valence-corrected chi connectivity index (χ4v) is 3.94. The fraction of sp³-hybridized carbons (Fsp3) is 0.120. The van der Waals surface area contributed by atoms with Crippen LogP contribution in [0.1, 0.15) is 23.7 Å². The van der Waals surface area contributed by atoms with Crippen molar-refractivity contribution in [3.63, 3.8) is 0 Å². The molecule has 4 aromatic rings. The number of hydrogen-bond donors (Lipinski definition) is 1. The van der Waals surface area contributed by atoms with Crippen molar-refractivity contribution < 1.29 is 4.39 Å². The highest BCUT2D eigenvalue weighted by Gasteiger charge is 2.22. The van der Waals surface area contributed by atoms with Crippen molar-refractivity contribution in [2.24, 2.45) is 0 Å². The molecule has 0 atom stereocenters. The van der Waals surface area contributed by atoms with Crippen molar-refractivity contribution >= 4 is 22.0 Å². The van der Waals surface area contributed by atoms with Crippen LogP contribution >= 0.6 is 0 Å². The van der Waals surface area contributed by atoms with Crippen LogP contribution in [0.3, 0.4) is 0 Å². The maximum absolute atomic E-state index is 9.50. The summed E-state index contributed by atoms with van der Waals surface area (Å²) in [6.07, 6.45) is 4.41. The summed E-state index contributed by atoms with van der Waals surface area (Å²) in [4.78, 5) is 0. The Morgan fingerprint density at radius 2 is 1.57 bits per heavy atom. The largest absolute Gasteiger partial charge is 0.380 e. The lowest BCUT2D eigenvalue weighted by molar-refractivity contribution is 0.636. The van der Waals surface area contributed by atoms with Gasteiger partial charge in [-0.2, -0.15) is 0 Å². The van der Waals surface area contributed by atoms with Crippen LogP contribution < -0.4 is 5.32 Å². The molecule has 1 aliphatic heterocycles. The summed E-state index contributed by atoms with van der Waals surface area (Å²) in [5, 5.41) is 6.19. The molecule has 2 heterocycles. The van der Waals surface area contributed by atoms with E-state index in [1.165, 1.54) is 44.5 Å². The van der Waals surface area contributed by atoms with E-state index < -0.39 is 0 Å². The monoisotopic (exact) mass is 370 g/mol. The van der Waals surface area contributed by atoms with Gasteiger partial charge < -0.3 is 9.88 Å². The van der Waals surface area contributed by atoms with Gasteiger partial charge in [-0.25, -0.2) is 0 Å². The van der Waals surface area contributed by atoms with Crippen LogP contribution in [0.15, 0.2) is 85.1 Å². The third-order valence-corrected chi connectivity index (χ3v) is 5.19. The predicted molar refractivity (Wildman–Crippen MR) is 117 cm³/mol. The van der Waals surface area contributed by atoms with E-state index in [2.05, 4.69) is 102 Å². The highest BCUT2D eigenvalue weighted by Crippen LogP contribution is 2.38. The van der Waals surface area contributed by atoms with Gasteiger partial charge >= 0.3 is 0 Å². The van der Waals surface area contributed by atoms with Gasteiger partial charge in [-0.3, -0.25) is 4.39 Å². The molecule has 1 aliphatic rings. The Bertz CT molecular complexity index is 1140. The van der Waals surface area contributed by atoms with Gasteiger partial charge in [-0.15, -0.1) is 0 Å². The third-order valence-electron chi connectivity index (χ3n) is 5.19. The minimum Gasteiger partial charge on any atom is -0.380 e. The Hall–Kier alpha value is -3.33. The maximum atomic E-state index is 9.50. The van der Waals surface area contributed by atoms with E-state index in [0.717, 1.165) is 6.54 Å². The molecule has 1 N–H and O–H groups in total. The average Bonchev–Trinajstić information content (AvgIpc) is 3.12. The van der Waals surface area contributed by atoms with Gasteiger partial charge in [0.25, 0.3) is 0 Å². The van der Waals surface area contributed by atoms with Crippen LogP contribution in [-0.4, -0.2) is 11.7 Å². The lowest BCUT2D eigenvalue weighted by atomic mass is 9.96. The molecule has 0 aliphatic carbocycles. The van der Waals surface area contributed by atoms with Gasteiger partial charge in [0.1, 0.15) is 0 Å². The Labute approximate surface area is 164 Å². The number of fused-ring (bicyclic) bond motifs is 3. The Balaban J connectivity index is 0.000000932. The summed E-state index contributed by atoms with van der Waals surface area (Å²) in [5.41, 5.74) is 7.54. The molecule has 140 valence electrons. The Morgan fingerprint density at radius 3 is 2.29 bits per heavy atom. The molecule has 0 saturated carbocycles. The summed E-state index contributed by atoms with van der Waals surface area (Å²) in [7, 11) is 0.500. The minimum atomic E-state index is 0.500. The number of alkyl halides is 1. The number of nitrogens with zero attached hydrogens (tertiary/aromatic N) is 1. The lowest BCUT2D eigenvalue weighted by Crippen LogP contribution is -2.01. The van der Waals surface area contributed by atoms with Crippen molar-refractivity contribution in [1.29, 1.82) is 0 Å². The number of para-hydroxylation sites is 1. The first-order valence-electron chi connectivity index (χ1n) is 9.42. The molecule has 1 aromatic heterocycles. The summed E-state index contributed by atoms with van der Waals surface area (Å²) in [5.74, 6) is 0. The van der Waals surface area contributed by atoms with Crippen molar-refractivity contribution in [1.82, 2.24) is 4.57 Å². The molecule has 0 spiro atoms. The third kappa shape index (κ3) is 2.99. The van der Waals surface area contributed by atoms with Crippen molar-refractivity contribution in [2.45, 2.75) is 13.5 Å². The molecule has 2 nitrogen and oxygen atoms in total. The summed E-state index contributed by atoms with van der Waals surface area (Å²) < 4.78 is 11.8. The SMILES string of the molecule is C/C=C1/c2cc3ccccc3cc2NCc2ccn(-c3ccccc3)c21.CF. The van der Waals surface area contributed by atoms with Crippen LogP contribution in [0.2, 0.25) is 0 Å². The first-order chi connectivity index (χ1) is 13.8. The van der Waals surface area contributed by atoms with E-state index in [1.807, 2.05) is 0 Å². The first kappa shape index (κ1) is 18.1. The van der Waals surface area contributed by atoms with Crippen LogP contribution in [0.25, 0.3) is 22.0 Å². The number of halogens is 1. The number of nitrogens with one attached hydrogen (secondary N) is 1. The Kier molecular flexibility index (Phi) is 4.98. The average molecular weight is 370 g/mol. The highest BCUT2D eigenvalue weighted by molar-refractivity contribution is 5.96. The van der Waals surface area contributed by atoms with Crippen LogP contribution in [0, 0.1) is 0 Å². The zero-order valence-corrected chi connectivity index (χ0v) is 16.1. The van der Waals surface area contributed by atoms with Crippen molar-refractivity contribution in [3.05, 3.63) is 102 Å². The van der Waals surface area contributed by atoms with Gasteiger partial charge in [0.05, 0.1) is 12.9 Å². The molecular weight excluding hydrogens is 347 g/mol. The van der Waals surface area contributed by atoms with E-state index >= 15 is 0 Å². The second kappa shape index (κ2) is 7.73. The molecule has 5 rings (SSSR count). The fourth-order valence-electron chi connectivity index (χ4n) is 3.94. The molecule has 0 saturated heterocycles. The second-order valence-electron chi connectivity index (χ2n) is 6.70.